The van der Waals surface area contributed by atoms with Gasteiger partial charge in [0.25, 0.3) is 0 Å². The van der Waals surface area contributed by atoms with Gasteiger partial charge in [0.2, 0.25) is 0 Å². The number of fused-ring (bicyclic) bond motifs is 3. The zero-order valence-corrected chi connectivity index (χ0v) is 23.9. The van der Waals surface area contributed by atoms with Gasteiger partial charge in [0.15, 0.2) is 5.82 Å². The Hall–Kier alpha value is -2.39. The van der Waals surface area contributed by atoms with E-state index in [4.69, 9.17) is 16.6 Å². The standard InChI is InChI=1S/C28H35ClN6OS/c1-18-19(2)37-26-24(18)25(21-8-10-22(29)11-9-21)30-28(4,27-32-31-20(3)35(26)27)17-23(36)7-6-12-34-15-13-33(5)14-16-34/h8-11H,6-7,12-17H2,1-5H3. The summed E-state index contributed by atoms with van der Waals surface area (Å²) < 4.78 is 2.12. The van der Waals surface area contributed by atoms with E-state index in [-0.39, 0.29) is 12.2 Å². The molecule has 2 aromatic heterocycles. The van der Waals surface area contributed by atoms with E-state index < -0.39 is 5.54 Å². The van der Waals surface area contributed by atoms with Gasteiger partial charge >= 0.3 is 0 Å². The number of Topliss-reactive ketones (excluding diaryl/α,β-unsaturated/α-hetero) is 1. The minimum absolute atomic E-state index is 0.209. The Bertz CT molecular complexity index is 1340. The van der Waals surface area contributed by atoms with E-state index in [2.05, 4.69) is 45.5 Å². The summed E-state index contributed by atoms with van der Waals surface area (Å²) in [6.07, 6.45) is 1.70. The lowest BCUT2D eigenvalue weighted by Gasteiger charge is -2.32. The molecule has 37 heavy (non-hydrogen) atoms. The Morgan fingerprint density at radius 2 is 1.78 bits per heavy atom. The molecule has 5 rings (SSSR count). The summed E-state index contributed by atoms with van der Waals surface area (Å²) in [6, 6.07) is 7.80. The van der Waals surface area contributed by atoms with Crippen LogP contribution in [0.2, 0.25) is 5.02 Å². The van der Waals surface area contributed by atoms with Crippen molar-refractivity contribution in [3.05, 3.63) is 62.5 Å². The Labute approximate surface area is 228 Å². The number of aromatic nitrogens is 3. The van der Waals surface area contributed by atoms with Gasteiger partial charge in [-0.05, 0) is 65.4 Å². The van der Waals surface area contributed by atoms with Gasteiger partial charge in [0, 0.05) is 60.0 Å². The van der Waals surface area contributed by atoms with E-state index in [0.717, 1.165) is 72.6 Å². The molecule has 196 valence electrons. The number of likely N-dealkylation sites (N-methyl/N-ethyl adjacent to an activating group) is 1. The molecule has 0 amide bonds. The maximum Gasteiger partial charge on any atom is 0.166 e. The van der Waals surface area contributed by atoms with Crippen LogP contribution in [0, 0.1) is 20.8 Å². The first-order valence-electron chi connectivity index (χ1n) is 13.0. The van der Waals surface area contributed by atoms with Gasteiger partial charge in [-0.1, -0.05) is 23.7 Å². The molecule has 0 spiro atoms. The molecule has 0 radical (unpaired) electrons. The fraction of sp³-hybridized carbons (Fsp3) is 0.500. The summed E-state index contributed by atoms with van der Waals surface area (Å²) in [4.78, 5) is 24.8. The van der Waals surface area contributed by atoms with Gasteiger partial charge in [-0.3, -0.25) is 14.4 Å². The summed E-state index contributed by atoms with van der Waals surface area (Å²) in [5, 5.41) is 10.8. The van der Waals surface area contributed by atoms with Crippen LogP contribution in [-0.4, -0.2) is 75.8 Å². The van der Waals surface area contributed by atoms with Crippen LogP contribution < -0.4 is 0 Å². The van der Waals surface area contributed by atoms with Gasteiger partial charge in [0.05, 0.1) is 5.71 Å². The van der Waals surface area contributed by atoms with E-state index in [1.54, 1.807) is 11.3 Å². The number of piperazine rings is 1. The average molecular weight is 539 g/mol. The highest BCUT2D eigenvalue weighted by Gasteiger charge is 2.40. The Balaban J connectivity index is 1.48. The molecule has 7 nitrogen and oxygen atoms in total. The van der Waals surface area contributed by atoms with Gasteiger partial charge in [0.1, 0.15) is 22.1 Å². The molecule has 0 aliphatic carbocycles. The molecule has 1 atom stereocenters. The molecule has 2 aliphatic heterocycles. The second kappa shape index (κ2) is 10.4. The number of halogens is 1. The van der Waals surface area contributed by atoms with Crippen molar-refractivity contribution in [2.75, 3.05) is 39.8 Å². The van der Waals surface area contributed by atoms with Crippen molar-refractivity contribution in [3.8, 4) is 5.00 Å². The monoisotopic (exact) mass is 538 g/mol. The first-order valence-corrected chi connectivity index (χ1v) is 14.2. The fourth-order valence-corrected chi connectivity index (χ4v) is 6.66. The van der Waals surface area contributed by atoms with Gasteiger partial charge < -0.3 is 9.80 Å². The number of rotatable bonds is 7. The Morgan fingerprint density at radius 1 is 1.08 bits per heavy atom. The molecule has 1 fully saturated rings. The van der Waals surface area contributed by atoms with E-state index in [0.29, 0.717) is 11.4 Å². The van der Waals surface area contributed by atoms with Gasteiger partial charge in [-0.25, -0.2) is 0 Å². The highest BCUT2D eigenvalue weighted by Crippen LogP contribution is 2.42. The van der Waals surface area contributed by atoms with Crippen molar-refractivity contribution >= 4 is 34.4 Å². The first kappa shape index (κ1) is 26.2. The lowest BCUT2D eigenvalue weighted by Crippen LogP contribution is -2.44. The molecule has 1 saturated heterocycles. The largest absolute Gasteiger partial charge is 0.304 e. The molecule has 3 aromatic rings. The number of carbonyl (C=O) groups excluding carboxylic acids is 1. The lowest BCUT2D eigenvalue weighted by atomic mass is 9.92. The first-order chi connectivity index (χ1) is 17.7. The topological polar surface area (TPSA) is 66.6 Å². The minimum Gasteiger partial charge on any atom is -0.304 e. The van der Waals surface area contributed by atoms with Crippen LogP contribution in [-0.2, 0) is 10.3 Å². The molecule has 1 unspecified atom stereocenters. The lowest BCUT2D eigenvalue weighted by molar-refractivity contribution is -0.120. The summed E-state index contributed by atoms with van der Waals surface area (Å²) in [7, 11) is 2.16. The van der Waals surface area contributed by atoms with Crippen molar-refractivity contribution < 1.29 is 4.79 Å². The number of ketones is 1. The van der Waals surface area contributed by atoms with Crippen molar-refractivity contribution in [1.29, 1.82) is 0 Å². The average Bonchev–Trinajstić information content (AvgIpc) is 3.35. The van der Waals surface area contributed by atoms with Crippen molar-refractivity contribution in [1.82, 2.24) is 24.6 Å². The van der Waals surface area contributed by atoms with Crippen molar-refractivity contribution in [3.63, 3.8) is 0 Å². The number of hydrogen-bond donors (Lipinski definition) is 0. The maximum atomic E-state index is 13.4. The predicted octanol–water partition coefficient (Wildman–Crippen LogP) is 4.96. The molecular formula is C28H35ClN6OS. The zero-order valence-electron chi connectivity index (χ0n) is 22.3. The van der Waals surface area contributed by atoms with Gasteiger partial charge in [-0.2, -0.15) is 0 Å². The Morgan fingerprint density at radius 3 is 2.49 bits per heavy atom. The summed E-state index contributed by atoms with van der Waals surface area (Å²) in [6.45, 7) is 13.6. The third kappa shape index (κ3) is 5.17. The maximum absolute atomic E-state index is 13.4. The van der Waals surface area contributed by atoms with Crippen molar-refractivity contribution in [2.45, 2.75) is 52.5 Å². The Kier molecular flexibility index (Phi) is 7.38. The fourth-order valence-electron chi connectivity index (χ4n) is 5.33. The van der Waals surface area contributed by atoms with Crippen LogP contribution in [0.3, 0.4) is 0 Å². The molecule has 9 heteroatoms. The predicted molar refractivity (Wildman–Crippen MR) is 151 cm³/mol. The zero-order chi connectivity index (χ0) is 26.3. The molecule has 0 bridgehead atoms. The number of aryl methyl sites for hydroxylation is 2. The van der Waals surface area contributed by atoms with E-state index in [1.165, 1.54) is 10.4 Å². The van der Waals surface area contributed by atoms with Crippen LogP contribution in [0.5, 0.6) is 0 Å². The highest BCUT2D eigenvalue weighted by atomic mass is 35.5. The second-order valence-corrected chi connectivity index (χ2v) is 12.2. The normalized spacial score (nSPS) is 20.3. The number of carbonyl (C=O) groups is 1. The smallest absolute Gasteiger partial charge is 0.166 e. The number of aliphatic imine (C=N–C) groups is 1. The summed E-state index contributed by atoms with van der Waals surface area (Å²) in [5.74, 6) is 1.74. The molecule has 1 aromatic carbocycles. The van der Waals surface area contributed by atoms with Crippen LogP contribution >= 0.6 is 22.9 Å². The second-order valence-electron chi connectivity index (χ2n) is 10.6. The van der Waals surface area contributed by atoms with Crippen LogP contribution in [0.1, 0.15) is 59.4 Å². The third-order valence-corrected chi connectivity index (χ3v) is 9.10. The molecule has 2 aliphatic rings. The summed E-state index contributed by atoms with van der Waals surface area (Å²) in [5.41, 5.74) is 3.30. The van der Waals surface area contributed by atoms with E-state index in [9.17, 15) is 4.79 Å². The molecular weight excluding hydrogens is 504 g/mol. The molecule has 0 saturated carbocycles. The molecule has 0 N–H and O–H groups in total. The molecule has 4 heterocycles. The number of hydrogen-bond acceptors (Lipinski definition) is 7. The number of nitrogens with zero attached hydrogens (tertiary/aromatic N) is 6. The van der Waals surface area contributed by atoms with Crippen molar-refractivity contribution in [2.24, 2.45) is 4.99 Å². The summed E-state index contributed by atoms with van der Waals surface area (Å²) >= 11 is 7.95. The highest BCUT2D eigenvalue weighted by molar-refractivity contribution is 7.15. The van der Waals surface area contributed by atoms with Gasteiger partial charge in [-0.15, -0.1) is 21.5 Å². The minimum atomic E-state index is -0.833. The quantitative estimate of drug-likeness (QED) is 0.425. The van der Waals surface area contributed by atoms with E-state index in [1.807, 2.05) is 38.1 Å². The van der Waals surface area contributed by atoms with Crippen LogP contribution in [0.4, 0.5) is 0 Å². The van der Waals surface area contributed by atoms with Crippen LogP contribution in [0.25, 0.3) is 5.00 Å². The number of thiophene rings is 1. The third-order valence-electron chi connectivity index (χ3n) is 7.66. The van der Waals surface area contributed by atoms with E-state index >= 15 is 0 Å². The van der Waals surface area contributed by atoms with Crippen LogP contribution in [0.15, 0.2) is 29.3 Å². The SMILES string of the molecule is Cc1sc2c(c1C)C(c1ccc(Cl)cc1)=NC(C)(CC(=O)CCCN1CCN(C)CC1)c1nnc(C)n1-2. The number of benzene rings is 1.